The Morgan fingerprint density at radius 3 is 2.60 bits per heavy atom. The number of ether oxygens (including phenoxy) is 1. The average Bonchev–Trinajstić information content (AvgIpc) is 3.03. The average molecular weight is 430 g/mol. The Morgan fingerprint density at radius 2 is 1.97 bits per heavy atom. The van der Waals surface area contributed by atoms with Crippen molar-refractivity contribution in [1.29, 1.82) is 0 Å². The molecule has 4 rings (SSSR count). The van der Waals surface area contributed by atoms with Crippen LogP contribution in [0, 0.1) is 18.7 Å². The number of hydrogen-bond acceptors (Lipinski definition) is 4. The van der Waals surface area contributed by atoms with E-state index in [9.17, 15) is 23.1 Å². The number of fused-ring (bicyclic) bond motifs is 1. The van der Waals surface area contributed by atoms with Crippen molar-refractivity contribution in [3.63, 3.8) is 0 Å². The van der Waals surface area contributed by atoms with Gasteiger partial charge in [-0.05, 0) is 38.7 Å². The summed E-state index contributed by atoms with van der Waals surface area (Å²) in [7, 11) is 0. The topological polar surface area (TPSA) is 80.0 Å². The first-order valence-corrected chi connectivity index (χ1v) is 9.87. The molecule has 1 saturated heterocycles. The van der Waals surface area contributed by atoms with E-state index in [1.165, 1.54) is 9.42 Å². The van der Waals surface area contributed by atoms with Gasteiger partial charge in [-0.2, -0.15) is 18.3 Å². The third-order valence-electron chi connectivity index (χ3n) is 5.96. The fraction of sp³-hybridized carbons (Fsp3) is 0.632. The molecule has 1 atom stereocenters. The molecule has 11 heteroatoms. The minimum Gasteiger partial charge on any atom is -0.465 e. The molecule has 2 aliphatic rings. The van der Waals surface area contributed by atoms with E-state index in [-0.39, 0.29) is 56.7 Å². The summed E-state index contributed by atoms with van der Waals surface area (Å²) in [6, 6.07) is 1.67. The van der Waals surface area contributed by atoms with Crippen LogP contribution in [-0.2, 0) is 4.74 Å². The molecule has 1 saturated carbocycles. The Labute approximate surface area is 169 Å². The van der Waals surface area contributed by atoms with Gasteiger partial charge in [0.1, 0.15) is 11.8 Å². The molecule has 1 aliphatic carbocycles. The molecular formula is C19H22F4N4O3. The smallest absolute Gasteiger partial charge is 0.407 e. The van der Waals surface area contributed by atoms with Gasteiger partial charge in [0.2, 0.25) is 0 Å². The number of nitrogens with zero attached hydrogens (tertiary/aromatic N) is 4. The number of halogens is 4. The molecule has 0 unspecified atom stereocenters. The molecule has 1 N–H and O–H groups in total. The van der Waals surface area contributed by atoms with E-state index in [4.69, 9.17) is 4.74 Å². The molecule has 0 bridgehead atoms. The molecule has 164 valence electrons. The van der Waals surface area contributed by atoms with Crippen molar-refractivity contribution in [2.24, 2.45) is 5.92 Å². The molecule has 30 heavy (non-hydrogen) atoms. The minimum absolute atomic E-state index is 0.0195. The van der Waals surface area contributed by atoms with Gasteiger partial charge in [-0.15, -0.1) is 0 Å². The van der Waals surface area contributed by atoms with Crippen molar-refractivity contribution in [3.05, 3.63) is 29.0 Å². The maximum absolute atomic E-state index is 15.2. The van der Waals surface area contributed by atoms with E-state index in [0.29, 0.717) is 11.4 Å². The van der Waals surface area contributed by atoms with Crippen molar-refractivity contribution in [3.8, 4) is 0 Å². The van der Waals surface area contributed by atoms with Crippen LogP contribution in [0.15, 0.2) is 6.07 Å². The second-order valence-electron chi connectivity index (χ2n) is 7.94. The van der Waals surface area contributed by atoms with Gasteiger partial charge >= 0.3 is 12.3 Å². The summed E-state index contributed by atoms with van der Waals surface area (Å²) in [6.07, 6.45) is -5.66. The first-order chi connectivity index (χ1) is 14.1. The normalized spacial score (nSPS) is 25.6. The van der Waals surface area contributed by atoms with Crippen molar-refractivity contribution in [1.82, 2.24) is 19.5 Å². The van der Waals surface area contributed by atoms with Crippen LogP contribution in [0.5, 0.6) is 0 Å². The lowest BCUT2D eigenvalue weighted by molar-refractivity contribution is -0.182. The monoisotopic (exact) mass is 430 g/mol. The maximum Gasteiger partial charge on any atom is 0.407 e. The van der Waals surface area contributed by atoms with E-state index in [2.05, 4.69) is 10.1 Å². The zero-order valence-corrected chi connectivity index (χ0v) is 16.3. The van der Waals surface area contributed by atoms with E-state index in [1.54, 1.807) is 13.0 Å². The first-order valence-electron chi connectivity index (χ1n) is 9.87. The molecule has 2 aromatic heterocycles. The fourth-order valence-electron chi connectivity index (χ4n) is 4.34. The standard InChI is InChI=1S/C19H22F4N4O3/c1-10-8-13(14-9-26(18(28)29)6-7-30-14)27-17(24-10)15(20)16(25-27)11-2-4-12(5-3-11)19(21,22)23/h8,11-12,14H,2-7,9H2,1H3,(H,28,29)/t11?,12?,14-/m1/s1. The van der Waals surface area contributed by atoms with E-state index in [1.807, 2.05) is 0 Å². The SMILES string of the molecule is Cc1cc([C@H]2CN(C(=O)O)CCO2)n2nc(C3CCC(C(F)(F)F)CC3)c(F)c2n1. The molecule has 7 nitrogen and oxygen atoms in total. The number of alkyl halides is 3. The van der Waals surface area contributed by atoms with Crippen molar-refractivity contribution in [2.45, 2.75) is 50.8 Å². The highest BCUT2D eigenvalue weighted by Gasteiger charge is 2.42. The lowest BCUT2D eigenvalue weighted by atomic mass is 9.80. The Morgan fingerprint density at radius 1 is 1.27 bits per heavy atom. The van der Waals surface area contributed by atoms with Gasteiger partial charge in [-0.3, -0.25) is 0 Å². The van der Waals surface area contributed by atoms with Gasteiger partial charge in [-0.1, -0.05) is 0 Å². The summed E-state index contributed by atoms with van der Waals surface area (Å²) in [6.45, 7) is 2.18. The molecule has 0 aromatic carbocycles. The third-order valence-corrected chi connectivity index (χ3v) is 5.96. The number of hydrogen-bond donors (Lipinski definition) is 1. The number of carboxylic acid groups (broad SMARTS) is 1. The molecule has 0 spiro atoms. The minimum atomic E-state index is -4.23. The van der Waals surface area contributed by atoms with Crippen LogP contribution in [-0.4, -0.2) is 56.6 Å². The number of carbonyl (C=O) groups is 1. The van der Waals surface area contributed by atoms with Gasteiger partial charge < -0.3 is 14.7 Å². The molecular weight excluding hydrogens is 408 g/mol. The second-order valence-corrected chi connectivity index (χ2v) is 7.94. The van der Waals surface area contributed by atoms with Gasteiger partial charge in [-0.25, -0.2) is 18.7 Å². The van der Waals surface area contributed by atoms with Gasteiger partial charge in [0.25, 0.3) is 0 Å². The van der Waals surface area contributed by atoms with Crippen molar-refractivity contribution in [2.75, 3.05) is 19.7 Å². The Kier molecular flexibility index (Phi) is 5.33. The summed E-state index contributed by atoms with van der Waals surface area (Å²) in [5, 5.41) is 13.6. The lowest BCUT2D eigenvalue weighted by Gasteiger charge is -2.31. The summed E-state index contributed by atoms with van der Waals surface area (Å²) < 4.78 is 61.0. The molecule has 2 fully saturated rings. The van der Waals surface area contributed by atoms with Gasteiger partial charge in [0, 0.05) is 18.2 Å². The summed E-state index contributed by atoms with van der Waals surface area (Å²) in [5.74, 6) is -2.41. The largest absolute Gasteiger partial charge is 0.465 e. The highest BCUT2D eigenvalue weighted by atomic mass is 19.4. The number of aryl methyl sites for hydroxylation is 1. The van der Waals surface area contributed by atoms with E-state index >= 15 is 4.39 Å². The second kappa shape index (κ2) is 7.68. The van der Waals surface area contributed by atoms with Crippen molar-refractivity contribution < 1.29 is 32.2 Å². The van der Waals surface area contributed by atoms with Gasteiger partial charge in [0.15, 0.2) is 11.5 Å². The number of rotatable bonds is 2. The highest BCUT2D eigenvalue weighted by Crippen LogP contribution is 2.43. The molecule has 3 heterocycles. The first kappa shape index (κ1) is 20.8. The number of morpholine rings is 1. The number of aromatic nitrogens is 3. The fourth-order valence-corrected chi connectivity index (χ4v) is 4.34. The van der Waals surface area contributed by atoms with Gasteiger partial charge in [0.05, 0.1) is 24.8 Å². The van der Waals surface area contributed by atoms with Crippen LogP contribution in [0.1, 0.15) is 54.8 Å². The quantitative estimate of drug-likeness (QED) is 0.727. The predicted molar refractivity (Wildman–Crippen MR) is 96.7 cm³/mol. The Hall–Kier alpha value is -2.43. The molecule has 1 aliphatic heterocycles. The zero-order valence-electron chi connectivity index (χ0n) is 16.3. The zero-order chi connectivity index (χ0) is 21.6. The lowest BCUT2D eigenvalue weighted by Crippen LogP contribution is -2.42. The van der Waals surface area contributed by atoms with Crippen LogP contribution in [0.3, 0.4) is 0 Å². The van der Waals surface area contributed by atoms with Crippen LogP contribution in [0.25, 0.3) is 5.65 Å². The maximum atomic E-state index is 15.2. The Balaban J connectivity index is 1.66. The predicted octanol–water partition coefficient (Wildman–Crippen LogP) is 4.06. The van der Waals surface area contributed by atoms with Crippen LogP contribution in [0.4, 0.5) is 22.4 Å². The summed E-state index contributed by atoms with van der Waals surface area (Å²) in [5.41, 5.74) is 1.08. The molecule has 0 radical (unpaired) electrons. The van der Waals surface area contributed by atoms with E-state index in [0.717, 1.165) is 0 Å². The van der Waals surface area contributed by atoms with Crippen LogP contribution < -0.4 is 0 Å². The van der Waals surface area contributed by atoms with E-state index < -0.39 is 36.0 Å². The summed E-state index contributed by atoms with van der Waals surface area (Å²) in [4.78, 5) is 16.8. The third kappa shape index (κ3) is 3.82. The van der Waals surface area contributed by atoms with Crippen molar-refractivity contribution >= 4 is 11.7 Å². The van der Waals surface area contributed by atoms with Crippen LogP contribution >= 0.6 is 0 Å². The summed E-state index contributed by atoms with van der Waals surface area (Å²) >= 11 is 0. The van der Waals surface area contributed by atoms with Crippen LogP contribution in [0.2, 0.25) is 0 Å². The Bertz CT molecular complexity index is 953. The molecule has 1 amide bonds. The number of amides is 1. The molecule has 2 aromatic rings. The highest BCUT2D eigenvalue weighted by molar-refractivity contribution is 5.65.